The van der Waals surface area contributed by atoms with Gasteiger partial charge in [-0.1, -0.05) is 18.2 Å². The van der Waals surface area contributed by atoms with E-state index in [-0.39, 0.29) is 12.3 Å². The molecule has 1 aromatic carbocycles. The van der Waals surface area contributed by atoms with Crippen molar-refractivity contribution in [2.24, 2.45) is 5.10 Å². The van der Waals surface area contributed by atoms with Crippen LogP contribution in [0.2, 0.25) is 0 Å². The van der Waals surface area contributed by atoms with Crippen molar-refractivity contribution < 1.29 is 9.47 Å². The third kappa shape index (κ3) is 2.37. The number of rotatable bonds is 3. The number of para-hydroxylation sites is 1. The average Bonchev–Trinajstić information content (AvgIpc) is 3.37. The lowest BCUT2D eigenvalue weighted by Gasteiger charge is -2.38. The molecule has 0 fully saturated rings. The Morgan fingerprint density at radius 3 is 2.81 bits per heavy atom. The quantitative estimate of drug-likeness (QED) is 0.692. The van der Waals surface area contributed by atoms with Gasteiger partial charge in [0.25, 0.3) is 0 Å². The molecule has 6 heteroatoms. The molecular weight excluding hydrogens is 346 g/mol. The minimum Gasteiger partial charge on any atom is -0.493 e. The van der Waals surface area contributed by atoms with Gasteiger partial charge in [-0.25, -0.2) is 5.01 Å². The molecule has 2 aliphatic heterocycles. The lowest BCUT2D eigenvalue weighted by atomic mass is 9.97. The van der Waals surface area contributed by atoms with Crippen LogP contribution in [0.15, 0.2) is 65.3 Å². The van der Waals surface area contributed by atoms with Crippen LogP contribution < -0.4 is 9.47 Å². The van der Waals surface area contributed by atoms with Gasteiger partial charge < -0.3 is 9.47 Å². The van der Waals surface area contributed by atoms with Crippen molar-refractivity contribution in [2.75, 3.05) is 7.11 Å². The number of ether oxygens (including phenoxy) is 2. The molecule has 2 aliphatic rings. The number of thiophene rings is 1. The van der Waals surface area contributed by atoms with Crippen LogP contribution in [0, 0.1) is 0 Å². The molecule has 0 saturated carbocycles. The number of benzene rings is 1. The van der Waals surface area contributed by atoms with Gasteiger partial charge in [0.05, 0.1) is 23.7 Å². The highest BCUT2D eigenvalue weighted by Crippen LogP contribution is 2.50. The van der Waals surface area contributed by atoms with Gasteiger partial charge in [-0.05, 0) is 29.6 Å². The molecule has 3 aromatic rings. The molecule has 0 amide bonds. The highest BCUT2D eigenvalue weighted by molar-refractivity contribution is 7.12. The van der Waals surface area contributed by atoms with Gasteiger partial charge in [-0.3, -0.25) is 4.98 Å². The molecule has 5 rings (SSSR count). The molecule has 0 spiro atoms. The summed E-state index contributed by atoms with van der Waals surface area (Å²) in [6.07, 6.45) is 4.12. The van der Waals surface area contributed by atoms with E-state index in [2.05, 4.69) is 33.6 Å². The number of hydrogen-bond donors (Lipinski definition) is 0. The number of methoxy groups -OCH3 is 1. The van der Waals surface area contributed by atoms with Crippen LogP contribution in [-0.4, -0.2) is 22.8 Å². The second-order valence-corrected chi connectivity index (χ2v) is 7.20. The largest absolute Gasteiger partial charge is 0.493 e. The van der Waals surface area contributed by atoms with Gasteiger partial charge in [0.2, 0.25) is 6.23 Å². The van der Waals surface area contributed by atoms with Gasteiger partial charge in [0, 0.05) is 29.9 Å². The standard InChI is InChI=1S/C20H17N3O2S/c1-24-17-5-2-4-14-16-12-15(18-6-3-11-26-18)22-23(16)20(25-19(14)17)13-7-9-21-10-8-13/h2-11,16,20H,12H2,1H3. The van der Waals surface area contributed by atoms with Gasteiger partial charge in [-0.2, -0.15) is 5.10 Å². The monoisotopic (exact) mass is 363 g/mol. The van der Waals surface area contributed by atoms with Crippen molar-refractivity contribution in [3.63, 3.8) is 0 Å². The maximum atomic E-state index is 6.39. The van der Waals surface area contributed by atoms with E-state index in [4.69, 9.17) is 14.6 Å². The summed E-state index contributed by atoms with van der Waals surface area (Å²) < 4.78 is 11.9. The first-order valence-electron chi connectivity index (χ1n) is 8.48. The summed E-state index contributed by atoms with van der Waals surface area (Å²) in [6.45, 7) is 0. The number of hydrazone groups is 1. The van der Waals surface area contributed by atoms with E-state index in [9.17, 15) is 0 Å². The normalized spacial score (nSPS) is 20.8. The predicted molar refractivity (Wildman–Crippen MR) is 101 cm³/mol. The molecule has 26 heavy (non-hydrogen) atoms. The van der Waals surface area contributed by atoms with E-state index >= 15 is 0 Å². The Hall–Kier alpha value is -2.86. The van der Waals surface area contributed by atoms with E-state index in [1.807, 2.05) is 24.3 Å². The van der Waals surface area contributed by atoms with E-state index in [0.717, 1.165) is 34.8 Å². The van der Waals surface area contributed by atoms with Crippen molar-refractivity contribution >= 4 is 17.0 Å². The number of pyridine rings is 1. The number of aromatic nitrogens is 1. The minimum absolute atomic E-state index is 0.129. The van der Waals surface area contributed by atoms with Crippen LogP contribution in [0.5, 0.6) is 11.5 Å². The van der Waals surface area contributed by atoms with E-state index in [1.165, 1.54) is 4.88 Å². The first-order chi connectivity index (χ1) is 12.8. The third-order valence-corrected chi connectivity index (χ3v) is 5.72. The third-order valence-electron chi connectivity index (χ3n) is 4.80. The van der Waals surface area contributed by atoms with Crippen LogP contribution in [0.4, 0.5) is 0 Å². The van der Waals surface area contributed by atoms with E-state index in [1.54, 1.807) is 30.8 Å². The molecule has 2 unspecified atom stereocenters. The molecule has 4 heterocycles. The molecule has 0 N–H and O–H groups in total. The van der Waals surface area contributed by atoms with Crippen LogP contribution in [0.3, 0.4) is 0 Å². The van der Waals surface area contributed by atoms with Crippen molar-refractivity contribution in [1.82, 2.24) is 9.99 Å². The van der Waals surface area contributed by atoms with Crippen molar-refractivity contribution in [2.45, 2.75) is 18.7 Å². The van der Waals surface area contributed by atoms with Crippen LogP contribution in [-0.2, 0) is 0 Å². The fourth-order valence-corrected chi connectivity index (χ4v) is 4.31. The van der Waals surface area contributed by atoms with Gasteiger partial charge in [0.1, 0.15) is 0 Å². The highest BCUT2D eigenvalue weighted by atomic mass is 32.1. The zero-order chi connectivity index (χ0) is 17.5. The lowest BCUT2D eigenvalue weighted by Crippen LogP contribution is -2.33. The summed E-state index contributed by atoms with van der Waals surface area (Å²) in [7, 11) is 1.68. The topological polar surface area (TPSA) is 47.0 Å². The number of fused-ring (bicyclic) bond motifs is 3. The maximum Gasteiger partial charge on any atom is 0.214 e. The lowest BCUT2D eigenvalue weighted by molar-refractivity contribution is -0.0209. The van der Waals surface area contributed by atoms with Gasteiger partial charge in [0.15, 0.2) is 11.5 Å². The zero-order valence-electron chi connectivity index (χ0n) is 14.2. The summed E-state index contributed by atoms with van der Waals surface area (Å²) in [5.41, 5.74) is 3.24. The van der Waals surface area contributed by atoms with Gasteiger partial charge in [-0.15, -0.1) is 11.3 Å². The second-order valence-electron chi connectivity index (χ2n) is 6.25. The molecule has 2 atom stereocenters. The zero-order valence-corrected chi connectivity index (χ0v) is 15.0. The Kier molecular flexibility index (Phi) is 3.64. The van der Waals surface area contributed by atoms with Crippen molar-refractivity contribution in [3.05, 3.63) is 76.2 Å². The van der Waals surface area contributed by atoms with Crippen LogP contribution in [0.25, 0.3) is 0 Å². The Labute approximate surface area is 155 Å². The van der Waals surface area contributed by atoms with E-state index < -0.39 is 0 Å². The Morgan fingerprint density at radius 1 is 1.15 bits per heavy atom. The molecular formula is C20H17N3O2S. The highest BCUT2D eigenvalue weighted by Gasteiger charge is 2.42. The first-order valence-corrected chi connectivity index (χ1v) is 9.36. The molecule has 2 aromatic heterocycles. The maximum absolute atomic E-state index is 6.39. The molecule has 0 bridgehead atoms. The minimum atomic E-state index is -0.302. The molecule has 130 valence electrons. The Morgan fingerprint density at radius 2 is 2.04 bits per heavy atom. The number of hydrogen-bond acceptors (Lipinski definition) is 6. The average molecular weight is 363 g/mol. The number of nitrogens with zero attached hydrogens (tertiary/aromatic N) is 3. The van der Waals surface area contributed by atoms with Crippen LogP contribution in [0.1, 0.15) is 34.7 Å². The van der Waals surface area contributed by atoms with Crippen LogP contribution >= 0.6 is 11.3 Å². The van der Waals surface area contributed by atoms with Crippen molar-refractivity contribution in [3.8, 4) is 11.5 Å². The molecule has 0 aliphatic carbocycles. The molecule has 0 radical (unpaired) electrons. The smallest absolute Gasteiger partial charge is 0.214 e. The fourth-order valence-electron chi connectivity index (χ4n) is 3.58. The summed E-state index contributed by atoms with van der Waals surface area (Å²) in [5, 5.41) is 9.10. The first kappa shape index (κ1) is 15.4. The Balaban J connectivity index is 1.64. The predicted octanol–water partition coefficient (Wildman–Crippen LogP) is 4.39. The SMILES string of the molecule is COc1cccc2c1OC(c1ccncc1)N1N=C(c3cccs3)CC21. The second kappa shape index (κ2) is 6.14. The summed E-state index contributed by atoms with van der Waals surface area (Å²) in [4.78, 5) is 5.33. The fraction of sp³-hybridized carbons (Fsp3) is 0.200. The summed E-state index contributed by atoms with van der Waals surface area (Å²) >= 11 is 1.72. The summed E-state index contributed by atoms with van der Waals surface area (Å²) in [6, 6.07) is 14.3. The Bertz CT molecular complexity index is 956. The molecule has 0 saturated heterocycles. The van der Waals surface area contributed by atoms with Gasteiger partial charge >= 0.3 is 0 Å². The van der Waals surface area contributed by atoms with Crippen molar-refractivity contribution in [1.29, 1.82) is 0 Å². The molecule has 5 nitrogen and oxygen atoms in total. The summed E-state index contributed by atoms with van der Waals surface area (Å²) in [5.74, 6) is 1.56. The van der Waals surface area contributed by atoms with E-state index in [0.29, 0.717) is 0 Å².